The molecule has 0 saturated carbocycles. The maximum absolute atomic E-state index is 9.99. The highest BCUT2D eigenvalue weighted by Gasteiger charge is 2.18. The molecule has 0 atom stereocenters. The lowest BCUT2D eigenvalue weighted by Gasteiger charge is -2.30. The number of carbonyl (C=O) groups excluding carboxylic acids is 1. The van der Waals surface area contributed by atoms with Crippen molar-refractivity contribution >= 4 is 6.08 Å². The topological polar surface area (TPSA) is 32.7 Å². The Kier molecular flexibility index (Phi) is 4.57. The molecular weight excluding hydrogens is 176 g/mol. The Morgan fingerprint density at radius 3 is 2.71 bits per heavy atom. The van der Waals surface area contributed by atoms with Crippen LogP contribution >= 0.6 is 0 Å². The maximum Gasteiger partial charge on any atom is 0.240 e. The van der Waals surface area contributed by atoms with Gasteiger partial charge in [0.1, 0.15) is 0 Å². The lowest BCUT2D eigenvalue weighted by molar-refractivity contribution is 0.192. The number of isocyanates is 1. The van der Waals surface area contributed by atoms with Crippen LogP contribution in [-0.2, 0) is 4.79 Å². The number of rotatable bonds is 4. The minimum atomic E-state index is 0.655. The first-order valence-electron chi connectivity index (χ1n) is 5.24. The summed E-state index contributed by atoms with van der Waals surface area (Å²) in [4.78, 5) is 16.0. The molecule has 0 aromatic heterocycles. The molecule has 0 bridgehead atoms. The van der Waals surface area contributed by atoms with Gasteiger partial charge in [-0.1, -0.05) is 13.5 Å². The fraction of sp³-hybridized carbons (Fsp3) is 0.727. The zero-order chi connectivity index (χ0) is 10.4. The maximum atomic E-state index is 9.99. The minimum absolute atomic E-state index is 0.655. The van der Waals surface area contributed by atoms with Gasteiger partial charge in [0.2, 0.25) is 6.08 Å². The summed E-state index contributed by atoms with van der Waals surface area (Å²) in [6.45, 7) is 9.40. The molecule has 0 spiro atoms. The van der Waals surface area contributed by atoms with Gasteiger partial charge in [-0.15, -0.1) is 0 Å². The summed E-state index contributed by atoms with van der Waals surface area (Å²) < 4.78 is 0. The van der Waals surface area contributed by atoms with E-state index >= 15 is 0 Å². The van der Waals surface area contributed by atoms with E-state index in [2.05, 4.69) is 23.4 Å². The number of allylic oxidation sites excluding steroid dienone is 1. The summed E-state index contributed by atoms with van der Waals surface area (Å²) in [5, 5.41) is 0. The van der Waals surface area contributed by atoms with Crippen LogP contribution < -0.4 is 0 Å². The van der Waals surface area contributed by atoms with Gasteiger partial charge in [0.05, 0.1) is 0 Å². The van der Waals surface area contributed by atoms with E-state index in [9.17, 15) is 4.79 Å². The monoisotopic (exact) mass is 194 g/mol. The molecule has 1 rings (SSSR count). The highest BCUT2D eigenvalue weighted by molar-refractivity contribution is 5.36. The molecule has 1 fully saturated rings. The zero-order valence-corrected chi connectivity index (χ0v) is 8.83. The first-order valence-corrected chi connectivity index (χ1v) is 5.24. The molecule has 1 heterocycles. The second-order valence-corrected chi connectivity index (χ2v) is 3.85. The number of hydrogen-bond donors (Lipinski definition) is 0. The van der Waals surface area contributed by atoms with E-state index in [-0.39, 0.29) is 0 Å². The Morgan fingerprint density at radius 2 is 2.21 bits per heavy atom. The third-order valence-electron chi connectivity index (χ3n) is 2.88. The van der Waals surface area contributed by atoms with Gasteiger partial charge in [-0.3, -0.25) is 0 Å². The smallest absolute Gasteiger partial charge is 0.240 e. The van der Waals surface area contributed by atoms with Gasteiger partial charge in [0.25, 0.3) is 0 Å². The summed E-state index contributed by atoms with van der Waals surface area (Å²) >= 11 is 0. The van der Waals surface area contributed by atoms with Crippen molar-refractivity contribution < 1.29 is 4.79 Å². The van der Waals surface area contributed by atoms with Gasteiger partial charge in [-0.2, -0.15) is 4.99 Å². The third-order valence-corrected chi connectivity index (χ3v) is 2.88. The summed E-state index contributed by atoms with van der Waals surface area (Å²) in [5.41, 5.74) is 0.676. The van der Waals surface area contributed by atoms with Gasteiger partial charge >= 0.3 is 0 Å². The summed E-state index contributed by atoms with van der Waals surface area (Å²) in [7, 11) is 0. The Bertz CT molecular complexity index is 236. The lowest BCUT2D eigenvalue weighted by atomic mass is 9.92. The van der Waals surface area contributed by atoms with Crippen LogP contribution in [0.3, 0.4) is 0 Å². The van der Waals surface area contributed by atoms with Gasteiger partial charge in [-0.25, -0.2) is 4.79 Å². The Morgan fingerprint density at radius 1 is 1.57 bits per heavy atom. The molecule has 78 valence electrons. The van der Waals surface area contributed by atoms with Gasteiger partial charge in [0, 0.05) is 5.70 Å². The zero-order valence-electron chi connectivity index (χ0n) is 8.83. The van der Waals surface area contributed by atoms with Crippen LogP contribution in [0.5, 0.6) is 0 Å². The first kappa shape index (κ1) is 11.2. The molecule has 0 aromatic carbocycles. The number of aliphatic imine (C=N–C) groups is 1. The largest absolute Gasteiger partial charge is 0.304 e. The van der Waals surface area contributed by atoms with E-state index in [4.69, 9.17) is 0 Å². The van der Waals surface area contributed by atoms with Crippen molar-refractivity contribution in [2.45, 2.75) is 26.2 Å². The van der Waals surface area contributed by atoms with Crippen LogP contribution in [0.15, 0.2) is 17.3 Å². The van der Waals surface area contributed by atoms with Crippen molar-refractivity contribution in [3.63, 3.8) is 0 Å². The minimum Gasteiger partial charge on any atom is -0.304 e. The average molecular weight is 194 g/mol. The van der Waals surface area contributed by atoms with Crippen LogP contribution in [0.25, 0.3) is 0 Å². The van der Waals surface area contributed by atoms with Crippen molar-refractivity contribution in [1.82, 2.24) is 4.90 Å². The van der Waals surface area contributed by atoms with Gasteiger partial charge < -0.3 is 4.90 Å². The fourth-order valence-electron chi connectivity index (χ4n) is 1.95. The van der Waals surface area contributed by atoms with Crippen molar-refractivity contribution in [3.8, 4) is 0 Å². The molecule has 1 aliphatic heterocycles. The molecule has 0 N–H and O–H groups in total. The van der Waals surface area contributed by atoms with Gasteiger partial charge in [-0.05, 0) is 44.8 Å². The van der Waals surface area contributed by atoms with E-state index in [0.717, 1.165) is 13.0 Å². The van der Waals surface area contributed by atoms with E-state index in [1.54, 1.807) is 6.08 Å². The van der Waals surface area contributed by atoms with Crippen molar-refractivity contribution in [3.05, 3.63) is 12.3 Å². The predicted molar refractivity (Wildman–Crippen MR) is 56.7 cm³/mol. The van der Waals surface area contributed by atoms with E-state index < -0.39 is 0 Å². The normalized spacial score (nSPS) is 18.9. The van der Waals surface area contributed by atoms with Crippen LogP contribution in [0.1, 0.15) is 26.2 Å². The summed E-state index contributed by atoms with van der Waals surface area (Å²) in [6.07, 6.45) is 4.79. The first-order chi connectivity index (χ1) is 6.76. The van der Waals surface area contributed by atoms with E-state index in [1.807, 2.05) is 0 Å². The summed E-state index contributed by atoms with van der Waals surface area (Å²) in [6, 6.07) is 0. The van der Waals surface area contributed by atoms with Gasteiger partial charge in [0.15, 0.2) is 0 Å². The lowest BCUT2D eigenvalue weighted by Crippen LogP contribution is -2.33. The quantitative estimate of drug-likeness (QED) is 0.506. The second-order valence-electron chi connectivity index (χ2n) is 3.85. The third kappa shape index (κ3) is 3.44. The van der Waals surface area contributed by atoms with Crippen LogP contribution in [0.4, 0.5) is 0 Å². The van der Waals surface area contributed by atoms with Crippen molar-refractivity contribution in [2.75, 3.05) is 19.6 Å². The number of nitrogens with zero attached hydrogens (tertiary/aromatic N) is 2. The molecule has 1 aliphatic rings. The standard InChI is InChI=1S/C11H18N2O/c1-3-13-6-4-11(5-7-13)8-10(2)12-9-14/h11H,2-8H2,1H3. The molecular formula is C11H18N2O. The Hall–Kier alpha value is -0.920. The fourth-order valence-corrected chi connectivity index (χ4v) is 1.95. The molecule has 0 aromatic rings. The van der Waals surface area contributed by atoms with Crippen LogP contribution in [0.2, 0.25) is 0 Å². The second kappa shape index (κ2) is 5.74. The molecule has 1 saturated heterocycles. The molecule has 3 heteroatoms. The van der Waals surface area contributed by atoms with Crippen LogP contribution in [-0.4, -0.2) is 30.6 Å². The summed E-state index contributed by atoms with van der Waals surface area (Å²) in [5.74, 6) is 0.655. The van der Waals surface area contributed by atoms with Crippen molar-refractivity contribution in [1.29, 1.82) is 0 Å². The highest BCUT2D eigenvalue weighted by atomic mass is 16.1. The number of likely N-dealkylation sites (tertiary alicyclic amines) is 1. The average Bonchev–Trinajstić information content (AvgIpc) is 2.19. The Balaban J connectivity index is 2.28. The molecule has 0 aliphatic carbocycles. The van der Waals surface area contributed by atoms with E-state index in [1.165, 1.54) is 25.9 Å². The van der Waals surface area contributed by atoms with Crippen molar-refractivity contribution in [2.24, 2.45) is 10.9 Å². The number of piperidine rings is 1. The Labute approximate surface area is 85.5 Å². The number of hydrogen-bond acceptors (Lipinski definition) is 3. The SMILES string of the molecule is C=C(CC1CCN(CC)CC1)N=C=O. The molecule has 0 amide bonds. The van der Waals surface area contributed by atoms with E-state index in [0.29, 0.717) is 11.6 Å². The molecule has 0 unspecified atom stereocenters. The van der Waals surface area contributed by atoms with Crippen LogP contribution in [0, 0.1) is 5.92 Å². The molecule has 0 radical (unpaired) electrons. The molecule has 3 nitrogen and oxygen atoms in total. The molecule has 14 heavy (non-hydrogen) atoms. The highest BCUT2D eigenvalue weighted by Crippen LogP contribution is 2.23. The predicted octanol–water partition coefficient (Wildman–Crippen LogP) is 1.96.